The Balaban J connectivity index is 1.84. The number of ether oxygens (including phenoxy) is 2. The fourth-order valence-corrected chi connectivity index (χ4v) is 2.95. The molecule has 1 aliphatic rings. The van der Waals surface area contributed by atoms with Crippen LogP contribution in [0.1, 0.15) is 0 Å². The molecule has 22 heavy (non-hydrogen) atoms. The summed E-state index contributed by atoms with van der Waals surface area (Å²) >= 11 is 2.19. The van der Waals surface area contributed by atoms with Crippen LogP contribution in [0.25, 0.3) is 10.9 Å². The molecule has 1 saturated heterocycles. The first-order valence-corrected chi connectivity index (χ1v) is 7.83. The van der Waals surface area contributed by atoms with Gasteiger partial charge in [0.2, 0.25) is 6.29 Å². The van der Waals surface area contributed by atoms with Crippen molar-refractivity contribution >= 4 is 33.5 Å². The molecule has 5 atom stereocenters. The van der Waals surface area contributed by atoms with E-state index in [1.54, 1.807) is 6.20 Å². The Morgan fingerprint density at radius 3 is 2.68 bits per heavy atom. The fraction of sp³-hybridized carbons (Fsp3) is 0.429. The summed E-state index contributed by atoms with van der Waals surface area (Å²) in [5, 5.41) is 39.5. The number of aliphatic hydroxyl groups is 4. The molecule has 1 aliphatic heterocycles. The molecule has 0 aliphatic carbocycles. The molecule has 5 N–H and O–H groups in total. The molecule has 1 aromatic carbocycles. The smallest absolute Gasteiger partial charge is 0.229 e. The maximum absolute atomic E-state index is 9.98. The second-order valence-corrected chi connectivity index (χ2v) is 6.40. The van der Waals surface area contributed by atoms with E-state index in [-0.39, 0.29) is 0 Å². The Bertz CT molecular complexity index is 660. The largest absolute Gasteiger partial charge is 0.460 e. The van der Waals surface area contributed by atoms with Crippen LogP contribution in [0.3, 0.4) is 0 Å². The molecule has 1 aromatic heterocycles. The number of H-pyrrole nitrogens is 1. The first kappa shape index (κ1) is 16.0. The number of aliphatic hydroxyl groups excluding tert-OH is 4. The minimum atomic E-state index is -1.46. The number of halogens is 1. The van der Waals surface area contributed by atoms with E-state index in [0.717, 1.165) is 14.5 Å². The van der Waals surface area contributed by atoms with E-state index >= 15 is 0 Å². The summed E-state index contributed by atoms with van der Waals surface area (Å²) in [6, 6.07) is 5.72. The monoisotopic (exact) mass is 421 g/mol. The molecule has 2 aromatic rings. The zero-order valence-electron chi connectivity index (χ0n) is 11.4. The lowest BCUT2D eigenvalue weighted by Crippen LogP contribution is -2.60. The third-order valence-electron chi connectivity index (χ3n) is 3.70. The molecule has 0 spiro atoms. The molecule has 0 saturated carbocycles. The molecule has 0 bridgehead atoms. The number of aromatic nitrogens is 1. The van der Waals surface area contributed by atoms with E-state index in [0.29, 0.717) is 5.75 Å². The number of hydrogen-bond acceptors (Lipinski definition) is 6. The summed E-state index contributed by atoms with van der Waals surface area (Å²) in [7, 11) is 0. The SMILES string of the molecule is OC[C@H]1O[C@@H](Oc2c[nH]c3cc(I)ccc23)[C@H](O)[C@@H](O)[C@@H]1O. The first-order chi connectivity index (χ1) is 10.5. The molecule has 0 unspecified atom stereocenters. The van der Waals surface area contributed by atoms with Crippen molar-refractivity contribution < 1.29 is 29.9 Å². The first-order valence-electron chi connectivity index (χ1n) is 6.75. The maximum atomic E-state index is 9.98. The number of rotatable bonds is 3. The van der Waals surface area contributed by atoms with Gasteiger partial charge in [0.1, 0.15) is 30.2 Å². The van der Waals surface area contributed by atoms with Gasteiger partial charge in [-0.05, 0) is 40.8 Å². The molecule has 2 heterocycles. The molecule has 120 valence electrons. The zero-order valence-corrected chi connectivity index (χ0v) is 13.5. The molecular formula is C14H16INO6. The normalized spacial score (nSPS) is 32.3. The molecule has 1 fully saturated rings. The van der Waals surface area contributed by atoms with Crippen LogP contribution in [0, 0.1) is 3.57 Å². The van der Waals surface area contributed by atoms with Crippen LogP contribution in [0.5, 0.6) is 5.75 Å². The van der Waals surface area contributed by atoms with Crippen molar-refractivity contribution in [2.75, 3.05) is 6.61 Å². The van der Waals surface area contributed by atoms with Gasteiger partial charge in [0.05, 0.1) is 12.1 Å². The standard InChI is InChI=1S/C14H16INO6/c15-6-1-2-7-8(3-6)16-4-9(7)21-14-13(20)12(19)11(18)10(5-17)22-14/h1-4,10-14,16-20H,5H2/t10-,11-,12+,13-,14-/m1/s1. The average Bonchev–Trinajstić information content (AvgIpc) is 2.90. The van der Waals surface area contributed by atoms with Gasteiger partial charge in [0.25, 0.3) is 0 Å². The lowest BCUT2D eigenvalue weighted by Gasteiger charge is -2.39. The van der Waals surface area contributed by atoms with E-state index in [2.05, 4.69) is 27.6 Å². The van der Waals surface area contributed by atoms with Gasteiger partial charge in [-0.25, -0.2) is 0 Å². The van der Waals surface area contributed by atoms with Gasteiger partial charge >= 0.3 is 0 Å². The minimum Gasteiger partial charge on any atom is -0.460 e. The van der Waals surface area contributed by atoms with Crippen LogP contribution in [-0.4, -0.2) is 62.7 Å². The summed E-state index contributed by atoms with van der Waals surface area (Å²) in [6.07, 6.45) is -4.83. The van der Waals surface area contributed by atoms with Gasteiger partial charge in [-0.2, -0.15) is 0 Å². The third kappa shape index (κ3) is 2.82. The van der Waals surface area contributed by atoms with Crippen LogP contribution >= 0.6 is 22.6 Å². The van der Waals surface area contributed by atoms with E-state index in [4.69, 9.17) is 9.47 Å². The quantitative estimate of drug-likeness (QED) is 0.444. The summed E-state index contributed by atoms with van der Waals surface area (Å²) in [4.78, 5) is 3.05. The van der Waals surface area contributed by atoms with Crippen molar-refractivity contribution in [3.63, 3.8) is 0 Å². The Morgan fingerprint density at radius 2 is 1.95 bits per heavy atom. The summed E-state index contributed by atoms with van der Waals surface area (Å²) in [6.45, 7) is -0.489. The molecule has 0 radical (unpaired) electrons. The second kappa shape index (κ2) is 6.30. The molecular weight excluding hydrogens is 405 g/mol. The van der Waals surface area contributed by atoms with Crippen LogP contribution in [0.15, 0.2) is 24.4 Å². The highest BCUT2D eigenvalue weighted by molar-refractivity contribution is 14.1. The molecule has 7 nitrogen and oxygen atoms in total. The van der Waals surface area contributed by atoms with Crippen molar-refractivity contribution in [1.29, 1.82) is 0 Å². The van der Waals surface area contributed by atoms with Crippen molar-refractivity contribution in [2.45, 2.75) is 30.7 Å². The van der Waals surface area contributed by atoms with Gasteiger partial charge in [-0.1, -0.05) is 0 Å². The number of benzene rings is 1. The summed E-state index contributed by atoms with van der Waals surface area (Å²) < 4.78 is 12.0. The number of nitrogens with one attached hydrogen (secondary N) is 1. The molecule has 3 rings (SSSR count). The van der Waals surface area contributed by atoms with E-state index < -0.39 is 37.3 Å². The van der Waals surface area contributed by atoms with Crippen molar-refractivity contribution in [3.05, 3.63) is 28.0 Å². The lowest BCUT2D eigenvalue weighted by atomic mass is 9.99. The molecule has 0 amide bonds. The van der Waals surface area contributed by atoms with E-state index in [9.17, 15) is 20.4 Å². The number of fused-ring (bicyclic) bond motifs is 1. The predicted molar refractivity (Wildman–Crippen MR) is 85.4 cm³/mol. The fourth-order valence-electron chi connectivity index (χ4n) is 2.46. The summed E-state index contributed by atoms with van der Waals surface area (Å²) in [5.41, 5.74) is 0.867. The zero-order chi connectivity index (χ0) is 15.9. The second-order valence-electron chi connectivity index (χ2n) is 5.16. The number of hydrogen-bond donors (Lipinski definition) is 5. The van der Waals surface area contributed by atoms with Crippen LogP contribution < -0.4 is 4.74 Å². The van der Waals surface area contributed by atoms with Gasteiger partial charge in [-0.3, -0.25) is 0 Å². The van der Waals surface area contributed by atoms with Gasteiger partial charge in [0, 0.05) is 15.2 Å². The predicted octanol–water partition coefficient (Wildman–Crippen LogP) is -0.0488. The Morgan fingerprint density at radius 1 is 1.18 bits per heavy atom. The topological polar surface area (TPSA) is 115 Å². The Labute approximate surface area is 139 Å². The van der Waals surface area contributed by atoms with Crippen LogP contribution in [-0.2, 0) is 4.74 Å². The highest BCUT2D eigenvalue weighted by Gasteiger charge is 2.44. The molecule has 8 heteroatoms. The highest BCUT2D eigenvalue weighted by atomic mass is 127. The highest BCUT2D eigenvalue weighted by Crippen LogP contribution is 2.30. The van der Waals surface area contributed by atoms with Crippen molar-refractivity contribution in [3.8, 4) is 5.75 Å². The van der Waals surface area contributed by atoms with E-state index in [1.165, 1.54) is 0 Å². The van der Waals surface area contributed by atoms with Gasteiger partial charge in [-0.15, -0.1) is 0 Å². The van der Waals surface area contributed by atoms with Crippen molar-refractivity contribution in [2.24, 2.45) is 0 Å². The Kier molecular flexibility index (Phi) is 4.57. The van der Waals surface area contributed by atoms with Gasteiger partial charge < -0.3 is 34.9 Å². The van der Waals surface area contributed by atoms with Crippen molar-refractivity contribution in [1.82, 2.24) is 4.98 Å². The van der Waals surface area contributed by atoms with Crippen LogP contribution in [0.4, 0.5) is 0 Å². The van der Waals surface area contributed by atoms with Crippen LogP contribution in [0.2, 0.25) is 0 Å². The van der Waals surface area contributed by atoms with Gasteiger partial charge in [0.15, 0.2) is 0 Å². The Hall–Kier alpha value is -0.910. The average molecular weight is 421 g/mol. The summed E-state index contributed by atoms with van der Waals surface area (Å²) in [5.74, 6) is 0.454. The minimum absolute atomic E-state index is 0.454. The third-order valence-corrected chi connectivity index (χ3v) is 4.37. The number of aromatic amines is 1. The van der Waals surface area contributed by atoms with E-state index in [1.807, 2.05) is 18.2 Å². The maximum Gasteiger partial charge on any atom is 0.229 e. The lowest BCUT2D eigenvalue weighted by molar-refractivity contribution is -0.277.